The van der Waals surface area contributed by atoms with Gasteiger partial charge in [0.1, 0.15) is 24.7 Å². The van der Waals surface area contributed by atoms with Gasteiger partial charge in [-0.3, -0.25) is 0 Å². The minimum atomic E-state index is -0.633. The number of para-hydroxylation sites is 1. The molecule has 2 N–H and O–H groups in total. The Kier molecular flexibility index (Phi) is 6.16. The number of benzene rings is 2. The fourth-order valence-electron chi connectivity index (χ4n) is 2.92. The second kappa shape index (κ2) is 8.94. The summed E-state index contributed by atoms with van der Waals surface area (Å²) in [5, 5.41) is 5.39. The first kappa shape index (κ1) is 19.3. The zero-order valence-electron chi connectivity index (χ0n) is 15.7. The lowest BCUT2D eigenvalue weighted by Gasteiger charge is -2.28. The molecule has 0 fully saturated rings. The minimum absolute atomic E-state index is 0.0866. The monoisotopic (exact) mass is 382 g/mol. The first-order valence-corrected chi connectivity index (χ1v) is 8.85. The first-order valence-electron chi connectivity index (χ1n) is 8.85. The highest BCUT2D eigenvalue weighted by Gasteiger charge is 2.32. The van der Waals surface area contributed by atoms with Crippen molar-refractivity contribution in [3.8, 4) is 11.5 Å². The summed E-state index contributed by atoms with van der Waals surface area (Å²) in [6.07, 6.45) is 0. The molecular weight excluding hydrogens is 360 g/mol. The quantitative estimate of drug-likeness (QED) is 0.568. The molecule has 0 radical (unpaired) electrons. The number of esters is 1. The number of amides is 2. The van der Waals surface area contributed by atoms with Gasteiger partial charge in [-0.2, -0.15) is 0 Å². The summed E-state index contributed by atoms with van der Waals surface area (Å²) in [7, 11) is 1.56. The summed E-state index contributed by atoms with van der Waals surface area (Å²) in [5.74, 6) is 0.816. The van der Waals surface area contributed by atoms with Crippen LogP contribution in [-0.4, -0.2) is 32.3 Å². The van der Waals surface area contributed by atoms with Gasteiger partial charge in [0.15, 0.2) is 0 Å². The van der Waals surface area contributed by atoms with E-state index in [0.717, 1.165) is 5.56 Å². The van der Waals surface area contributed by atoms with Crippen LogP contribution in [0, 0.1) is 0 Å². The standard InChI is InChI=1S/C21H22N2O5/c1-14-18(20(24)28-12-11-27-16-8-4-3-5-9-16)19(23-21(25)22-14)15-7-6-10-17(13-15)26-2/h3-10,13,19H,11-12H2,1-2H3,(H2,22,23,25)/t19-/m0/s1. The van der Waals surface area contributed by atoms with Gasteiger partial charge in [0.25, 0.3) is 0 Å². The number of carbonyl (C=O) groups is 2. The van der Waals surface area contributed by atoms with Crippen LogP contribution in [0.5, 0.6) is 11.5 Å². The molecule has 2 aromatic rings. The van der Waals surface area contributed by atoms with E-state index in [2.05, 4.69) is 10.6 Å². The summed E-state index contributed by atoms with van der Waals surface area (Å²) >= 11 is 0. The van der Waals surface area contributed by atoms with Gasteiger partial charge in [0, 0.05) is 5.70 Å². The van der Waals surface area contributed by atoms with Crippen molar-refractivity contribution >= 4 is 12.0 Å². The number of carbonyl (C=O) groups excluding carboxylic acids is 2. The van der Waals surface area contributed by atoms with Crippen LogP contribution in [-0.2, 0) is 9.53 Å². The number of rotatable bonds is 7. The van der Waals surface area contributed by atoms with E-state index >= 15 is 0 Å². The molecule has 1 atom stereocenters. The van der Waals surface area contributed by atoms with E-state index in [-0.39, 0.29) is 19.2 Å². The maximum absolute atomic E-state index is 12.7. The van der Waals surface area contributed by atoms with Crippen molar-refractivity contribution < 1.29 is 23.8 Å². The van der Waals surface area contributed by atoms with Crippen LogP contribution in [0.25, 0.3) is 0 Å². The van der Waals surface area contributed by atoms with E-state index in [1.165, 1.54) is 0 Å². The van der Waals surface area contributed by atoms with Gasteiger partial charge in [-0.05, 0) is 36.8 Å². The van der Waals surface area contributed by atoms with Crippen molar-refractivity contribution in [1.29, 1.82) is 0 Å². The second-order valence-electron chi connectivity index (χ2n) is 6.14. The van der Waals surface area contributed by atoms with Crippen molar-refractivity contribution in [2.45, 2.75) is 13.0 Å². The number of urea groups is 1. The molecule has 146 valence electrons. The van der Waals surface area contributed by atoms with E-state index in [4.69, 9.17) is 14.2 Å². The highest BCUT2D eigenvalue weighted by atomic mass is 16.6. The number of methoxy groups -OCH3 is 1. The summed E-state index contributed by atoms with van der Waals surface area (Å²) in [5.41, 5.74) is 1.51. The second-order valence-corrected chi connectivity index (χ2v) is 6.14. The lowest BCUT2D eigenvalue weighted by Crippen LogP contribution is -2.45. The molecule has 0 aliphatic carbocycles. The lowest BCUT2D eigenvalue weighted by molar-refractivity contribution is -0.140. The molecule has 7 heteroatoms. The van der Waals surface area contributed by atoms with Gasteiger partial charge < -0.3 is 24.8 Å². The minimum Gasteiger partial charge on any atom is -0.497 e. The normalized spacial score (nSPS) is 16.1. The van der Waals surface area contributed by atoms with Crippen molar-refractivity contribution in [3.63, 3.8) is 0 Å². The summed E-state index contributed by atoms with van der Waals surface area (Å²) < 4.78 is 16.1. The van der Waals surface area contributed by atoms with Crippen molar-refractivity contribution in [2.75, 3.05) is 20.3 Å². The molecule has 0 aromatic heterocycles. The Balaban J connectivity index is 1.69. The molecule has 1 aliphatic rings. The van der Waals surface area contributed by atoms with Gasteiger partial charge in [-0.1, -0.05) is 30.3 Å². The maximum Gasteiger partial charge on any atom is 0.338 e. The Morgan fingerprint density at radius 1 is 1.04 bits per heavy atom. The number of hydrogen-bond donors (Lipinski definition) is 2. The Morgan fingerprint density at radius 3 is 2.54 bits per heavy atom. The fourth-order valence-corrected chi connectivity index (χ4v) is 2.92. The molecule has 0 unspecified atom stereocenters. The summed E-state index contributed by atoms with van der Waals surface area (Å²) in [4.78, 5) is 24.6. The predicted molar refractivity (Wildman–Crippen MR) is 103 cm³/mol. The average Bonchev–Trinajstić information content (AvgIpc) is 2.71. The molecule has 1 heterocycles. The molecule has 0 saturated heterocycles. The maximum atomic E-state index is 12.7. The molecular formula is C21H22N2O5. The SMILES string of the molecule is COc1cccc([C@@H]2NC(=O)NC(C)=C2C(=O)OCCOc2ccccc2)c1. The van der Waals surface area contributed by atoms with Crippen LogP contribution in [0.4, 0.5) is 4.79 Å². The first-order chi connectivity index (χ1) is 13.6. The number of ether oxygens (including phenoxy) is 3. The van der Waals surface area contributed by atoms with Crippen LogP contribution >= 0.6 is 0 Å². The molecule has 1 aliphatic heterocycles. The summed E-state index contributed by atoms with van der Waals surface area (Å²) in [6.45, 7) is 1.98. The molecule has 28 heavy (non-hydrogen) atoms. The van der Waals surface area contributed by atoms with E-state index < -0.39 is 12.0 Å². The van der Waals surface area contributed by atoms with Gasteiger partial charge in [0.05, 0.1) is 18.7 Å². The Labute approximate surface area is 163 Å². The topological polar surface area (TPSA) is 85.9 Å². The largest absolute Gasteiger partial charge is 0.497 e. The number of hydrogen-bond acceptors (Lipinski definition) is 5. The van der Waals surface area contributed by atoms with Gasteiger partial charge in [-0.15, -0.1) is 0 Å². The highest BCUT2D eigenvalue weighted by Crippen LogP contribution is 2.29. The molecule has 0 spiro atoms. The fraction of sp³-hybridized carbons (Fsp3) is 0.238. The smallest absolute Gasteiger partial charge is 0.338 e. The molecule has 2 aromatic carbocycles. The Bertz CT molecular complexity index is 879. The van der Waals surface area contributed by atoms with Gasteiger partial charge in [-0.25, -0.2) is 9.59 Å². The third-order valence-corrected chi connectivity index (χ3v) is 4.24. The van der Waals surface area contributed by atoms with Crippen LogP contribution in [0.1, 0.15) is 18.5 Å². The molecule has 3 rings (SSSR count). The Hall–Kier alpha value is -3.48. The van der Waals surface area contributed by atoms with Crippen molar-refractivity contribution in [3.05, 3.63) is 71.4 Å². The predicted octanol–water partition coefficient (Wildman–Crippen LogP) is 2.95. The van der Waals surface area contributed by atoms with Crippen molar-refractivity contribution in [1.82, 2.24) is 10.6 Å². The molecule has 2 amide bonds. The van der Waals surface area contributed by atoms with Crippen LogP contribution < -0.4 is 20.1 Å². The summed E-state index contributed by atoms with van der Waals surface area (Å²) in [6, 6.07) is 15.5. The zero-order valence-corrected chi connectivity index (χ0v) is 15.7. The highest BCUT2D eigenvalue weighted by molar-refractivity contribution is 5.95. The average molecular weight is 382 g/mol. The molecule has 0 bridgehead atoms. The van der Waals surface area contributed by atoms with E-state index in [9.17, 15) is 9.59 Å². The Morgan fingerprint density at radius 2 is 1.79 bits per heavy atom. The number of allylic oxidation sites excluding steroid dienone is 1. The van der Waals surface area contributed by atoms with E-state index in [1.807, 2.05) is 36.4 Å². The lowest BCUT2D eigenvalue weighted by atomic mass is 9.95. The number of nitrogens with one attached hydrogen (secondary N) is 2. The molecule has 0 saturated carbocycles. The zero-order chi connectivity index (χ0) is 19.9. The van der Waals surface area contributed by atoms with Gasteiger partial charge >= 0.3 is 12.0 Å². The van der Waals surface area contributed by atoms with Crippen LogP contribution in [0.3, 0.4) is 0 Å². The van der Waals surface area contributed by atoms with Gasteiger partial charge in [0.2, 0.25) is 0 Å². The van der Waals surface area contributed by atoms with Crippen LogP contribution in [0.15, 0.2) is 65.9 Å². The van der Waals surface area contributed by atoms with E-state index in [1.54, 1.807) is 32.2 Å². The van der Waals surface area contributed by atoms with Crippen molar-refractivity contribution in [2.24, 2.45) is 0 Å². The van der Waals surface area contributed by atoms with E-state index in [0.29, 0.717) is 22.8 Å². The van der Waals surface area contributed by atoms with Crippen LogP contribution in [0.2, 0.25) is 0 Å². The third kappa shape index (κ3) is 4.62. The molecule has 7 nitrogen and oxygen atoms in total. The third-order valence-electron chi connectivity index (χ3n) is 4.24.